The average molecular weight is 532 g/mol. The molecule has 1 aliphatic rings. The quantitative estimate of drug-likeness (QED) is 0.375. The molecule has 5 N–H and O–H groups in total. The first-order chi connectivity index (χ1) is 17.5. The fourth-order valence-electron chi connectivity index (χ4n) is 4.05. The minimum atomic E-state index is -0.689. The van der Waals surface area contributed by atoms with E-state index in [4.69, 9.17) is 22.1 Å². The maximum atomic E-state index is 12.9. The van der Waals surface area contributed by atoms with Crippen LogP contribution in [0.25, 0.3) is 11.2 Å². The maximum absolute atomic E-state index is 12.9. The number of hydrogen-bond donors (Lipinski definition) is 4. The van der Waals surface area contributed by atoms with E-state index in [1.54, 1.807) is 20.8 Å². The zero-order valence-corrected chi connectivity index (χ0v) is 21.6. The largest absolute Gasteiger partial charge is 0.444 e. The topological polar surface area (TPSA) is 171 Å². The van der Waals surface area contributed by atoms with Crippen molar-refractivity contribution in [1.82, 2.24) is 29.5 Å². The number of carbonyl (C=O) groups excluding carboxylic acids is 3. The van der Waals surface area contributed by atoms with Crippen LogP contribution >= 0.6 is 11.6 Å². The number of nitrogens with zero attached hydrogens (tertiary/aromatic N) is 5. The number of carbonyl (C=O) groups is 3. The van der Waals surface area contributed by atoms with Crippen LogP contribution in [0.15, 0.2) is 24.9 Å². The van der Waals surface area contributed by atoms with Crippen molar-refractivity contribution in [3.05, 3.63) is 35.6 Å². The molecule has 14 heteroatoms. The monoisotopic (exact) mass is 531 g/mol. The van der Waals surface area contributed by atoms with Gasteiger partial charge in [-0.2, -0.15) is 0 Å². The van der Waals surface area contributed by atoms with Crippen LogP contribution in [0.4, 0.5) is 10.6 Å². The predicted octanol–water partition coefficient (Wildman–Crippen LogP) is 2.40. The summed E-state index contributed by atoms with van der Waals surface area (Å²) in [6.07, 6.45) is 6.73. The lowest BCUT2D eigenvalue weighted by Crippen LogP contribution is -2.42. The summed E-state index contributed by atoms with van der Waals surface area (Å²) in [4.78, 5) is 50.4. The van der Waals surface area contributed by atoms with Crippen LogP contribution in [-0.2, 0) is 16.1 Å². The first kappa shape index (κ1) is 26.4. The number of ether oxygens (including phenoxy) is 1. The Bertz CT molecular complexity index is 1310. The Hall–Kier alpha value is -3.71. The van der Waals surface area contributed by atoms with Crippen LogP contribution in [-0.4, -0.2) is 59.8 Å². The number of nitrogens with two attached hydrogens (primary N) is 1. The lowest BCUT2D eigenvalue weighted by Gasteiger charge is -2.27. The van der Waals surface area contributed by atoms with Gasteiger partial charge in [-0.05, 0) is 52.5 Å². The van der Waals surface area contributed by atoms with Gasteiger partial charge in [-0.1, -0.05) is 11.6 Å². The molecule has 0 saturated heterocycles. The van der Waals surface area contributed by atoms with Gasteiger partial charge in [0.15, 0.2) is 17.0 Å². The van der Waals surface area contributed by atoms with Gasteiger partial charge < -0.3 is 20.4 Å². The van der Waals surface area contributed by atoms with Gasteiger partial charge in [-0.25, -0.2) is 19.7 Å². The fraction of sp³-hybridized carbons (Fsp3) is 0.478. The molecule has 0 unspecified atom stereocenters. The molecule has 1 aliphatic carbocycles. The van der Waals surface area contributed by atoms with Crippen molar-refractivity contribution in [3.63, 3.8) is 0 Å². The summed E-state index contributed by atoms with van der Waals surface area (Å²) in [6.45, 7) is 5.06. The van der Waals surface area contributed by atoms with Crippen molar-refractivity contribution in [3.8, 4) is 0 Å². The number of rotatable bonds is 6. The molecule has 37 heavy (non-hydrogen) atoms. The zero-order chi connectivity index (χ0) is 26.7. The van der Waals surface area contributed by atoms with Gasteiger partial charge in [0.25, 0.3) is 11.8 Å². The van der Waals surface area contributed by atoms with E-state index < -0.39 is 17.6 Å². The molecule has 3 heterocycles. The van der Waals surface area contributed by atoms with Gasteiger partial charge in [0.05, 0.1) is 11.3 Å². The van der Waals surface area contributed by atoms with Crippen molar-refractivity contribution < 1.29 is 19.1 Å². The van der Waals surface area contributed by atoms with Crippen LogP contribution < -0.4 is 21.8 Å². The molecular weight excluding hydrogens is 502 g/mol. The Balaban J connectivity index is 1.43. The highest BCUT2D eigenvalue weighted by Crippen LogP contribution is 2.21. The molecule has 0 atom stereocenters. The van der Waals surface area contributed by atoms with Crippen molar-refractivity contribution >= 4 is 46.5 Å². The highest BCUT2D eigenvalue weighted by molar-refractivity contribution is 6.33. The molecule has 3 aromatic rings. The fourth-order valence-corrected chi connectivity index (χ4v) is 4.28. The molecule has 0 spiro atoms. The number of hydrogen-bond acceptors (Lipinski definition) is 8. The summed E-state index contributed by atoms with van der Waals surface area (Å²) in [5.41, 5.74) is 8.67. The van der Waals surface area contributed by atoms with Crippen LogP contribution in [0.2, 0.25) is 5.02 Å². The molecule has 198 valence electrons. The van der Waals surface area contributed by atoms with Crippen molar-refractivity contribution in [2.45, 2.75) is 70.7 Å². The lowest BCUT2D eigenvalue weighted by molar-refractivity contribution is -0.117. The van der Waals surface area contributed by atoms with Gasteiger partial charge in [0, 0.05) is 18.3 Å². The summed E-state index contributed by atoms with van der Waals surface area (Å²) in [6, 6.07) is 1.69. The first-order valence-corrected chi connectivity index (χ1v) is 12.3. The minimum Gasteiger partial charge on any atom is -0.444 e. The van der Waals surface area contributed by atoms with Gasteiger partial charge in [0.1, 0.15) is 24.2 Å². The molecular formula is C23H30ClN9O4. The van der Waals surface area contributed by atoms with Gasteiger partial charge in [-0.3, -0.25) is 25.0 Å². The van der Waals surface area contributed by atoms with E-state index in [-0.39, 0.29) is 46.6 Å². The Morgan fingerprint density at radius 2 is 1.89 bits per heavy atom. The number of amides is 3. The molecule has 0 aromatic carbocycles. The van der Waals surface area contributed by atoms with Gasteiger partial charge in [-0.15, -0.1) is 0 Å². The second kappa shape index (κ2) is 10.7. The van der Waals surface area contributed by atoms with E-state index in [1.807, 2.05) is 0 Å². The number of aromatic nitrogens is 5. The van der Waals surface area contributed by atoms with Gasteiger partial charge >= 0.3 is 6.09 Å². The van der Waals surface area contributed by atoms with E-state index in [0.29, 0.717) is 5.65 Å². The van der Waals surface area contributed by atoms with Crippen molar-refractivity contribution in [1.29, 1.82) is 0 Å². The van der Waals surface area contributed by atoms with Crippen LogP contribution in [0, 0.1) is 0 Å². The summed E-state index contributed by atoms with van der Waals surface area (Å²) >= 11 is 6.25. The average Bonchev–Trinajstić information content (AvgIpc) is 3.38. The summed E-state index contributed by atoms with van der Waals surface area (Å²) < 4.78 is 8.03. The second-order valence-electron chi connectivity index (χ2n) is 9.90. The maximum Gasteiger partial charge on any atom is 0.413 e. The normalized spacial score (nSPS) is 17.9. The third-order valence-corrected chi connectivity index (χ3v) is 6.04. The Labute approximate surface area is 218 Å². The minimum absolute atomic E-state index is 0.00269. The lowest BCUT2D eigenvalue weighted by atomic mass is 9.92. The number of halogens is 1. The SMILES string of the molecule is CC(C)(C)OC(=O)Nc1ncnc2c1ncn2CC(=O)Nn1ccc(Cl)c1C(=O)NC1CCC(N)CC1. The first-order valence-electron chi connectivity index (χ1n) is 11.9. The second-order valence-corrected chi connectivity index (χ2v) is 10.3. The van der Waals surface area contributed by atoms with Crippen LogP contribution in [0.1, 0.15) is 56.9 Å². The van der Waals surface area contributed by atoms with E-state index in [2.05, 4.69) is 31.0 Å². The number of fused-ring (bicyclic) bond motifs is 1. The number of nitrogens with one attached hydrogen (secondary N) is 3. The number of imidazole rings is 1. The van der Waals surface area contributed by atoms with Crippen LogP contribution in [0.5, 0.6) is 0 Å². The van der Waals surface area contributed by atoms with E-state index >= 15 is 0 Å². The zero-order valence-electron chi connectivity index (χ0n) is 20.8. The molecule has 4 rings (SSSR count). The Morgan fingerprint density at radius 1 is 1.16 bits per heavy atom. The predicted molar refractivity (Wildman–Crippen MR) is 137 cm³/mol. The highest BCUT2D eigenvalue weighted by Gasteiger charge is 2.24. The Morgan fingerprint density at radius 3 is 2.59 bits per heavy atom. The molecule has 3 aromatic heterocycles. The standard InChI is InChI=1S/C23H30ClN9O4/c1-23(2,3)37-22(36)30-19-17-20(27-11-26-19)32(12-28-17)10-16(34)31-33-9-8-15(24)18(33)21(35)29-14-6-4-13(25)5-7-14/h8-9,11-14H,4-7,10,25H2,1-3H3,(H,29,35)(H,31,34)(H,26,27,30,36). The third kappa shape index (κ3) is 6.54. The van der Waals surface area contributed by atoms with Crippen molar-refractivity contribution in [2.24, 2.45) is 5.73 Å². The molecule has 0 radical (unpaired) electrons. The molecule has 3 amide bonds. The van der Waals surface area contributed by atoms with Crippen molar-refractivity contribution in [2.75, 3.05) is 10.7 Å². The van der Waals surface area contributed by atoms with E-state index in [1.165, 1.54) is 34.2 Å². The third-order valence-electron chi connectivity index (χ3n) is 5.74. The molecule has 0 bridgehead atoms. The smallest absolute Gasteiger partial charge is 0.413 e. The van der Waals surface area contributed by atoms with E-state index in [9.17, 15) is 14.4 Å². The van der Waals surface area contributed by atoms with Gasteiger partial charge in [0.2, 0.25) is 0 Å². The number of anilines is 1. The van der Waals surface area contributed by atoms with E-state index in [0.717, 1.165) is 25.7 Å². The molecule has 1 fully saturated rings. The molecule has 1 saturated carbocycles. The molecule has 13 nitrogen and oxygen atoms in total. The molecule has 0 aliphatic heterocycles. The summed E-state index contributed by atoms with van der Waals surface area (Å²) in [5.74, 6) is -0.683. The summed E-state index contributed by atoms with van der Waals surface area (Å²) in [7, 11) is 0. The summed E-state index contributed by atoms with van der Waals surface area (Å²) in [5, 5.41) is 5.73. The highest BCUT2D eigenvalue weighted by atomic mass is 35.5. The van der Waals surface area contributed by atoms with Crippen LogP contribution in [0.3, 0.4) is 0 Å². The Kier molecular flexibility index (Phi) is 7.64.